The fourth-order valence-corrected chi connectivity index (χ4v) is 2.00. The summed E-state index contributed by atoms with van der Waals surface area (Å²) < 4.78 is 32.2. The molecule has 0 fully saturated rings. The van der Waals surface area contributed by atoms with Crippen LogP contribution in [0.25, 0.3) is 0 Å². The highest BCUT2D eigenvalue weighted by Crippen LogP contribution is 2.21. The molecule has 1 atom stereocenters. The van der Waals surface area contributed by atoms with E-state index in [1.165, 1.54) is 6.07 Å². The molecule has 0 spiro atoms. The Bertz CT molecular complexity index is 511. The van der Waals surface area contributed by atoms with Gasteiger partial charge in [-0.2, -0.15) is 0 Å². The third-order valence-corrected chi connectivity index (χ3v) is 2.96. The van der Waals surface area contributed by atoms with Crippen LogP contribution >= 0.6 is 0 Å². The average Bonchev–Trinajstić information content (AvgIpc) is 2.92. The lowest BCUT2D eigenvalue weighted by atomic mass is 10.0. The first-order valence-corrected chi connectivity index (χ1v) is 6.41. The Labute approximate surface area is 111 Å². The van der Waals surface area contributed by atoms with Gasteiger partial charge in [0.25, 0.3) is 0 Å². The van der Waals surface area contributed by atoms with Crippen molar-refractivity contribution in [3.8, 4) is 0 Å². The van der Waals surface area contributed by atoms with E-state index >= 15 is 0 Å². The van der Waals surface area contributed by atoms with Crippen LogP contribution in [0.2, 0.25) is 0 Å². The predicted octanol–water partition coefficient (Wildman–Crippen LogP) is 3.84. The van der Waals surface area contributed by atoms with Gasteiger partial charge >= 0.3 is 0 Å². The number of rotatable bonds is 6. The first-order valence-electron chi connectivity index (χ1n) is 6.41. The summed E-state index contributed by atoms with van der Waals surface area (Å²) in [6.07, 6.45) is 2.90. The Hall–Kier alpha value is -1.68. The van der Waals surface area contributed by atoms with Gasteiger partial charge < -0.3 is 9.73 Å². The van der Waals surface area contributed by atoms with Gasteiger partial charge in [-0.25, -0.2) is 8.78 Å². The molecule has 0 aliphatic carbocycles. The van der Waals surface area contributed by atoms with Crippen LogP contribution in [-0.4, -0.2) is 6.54 Å². The molecule has 2 nitrogen and oxygen atoms in total. The molecule has 0 amide bonds. The first-order chi connectivity index (χ1) is 9.20. The monoisotopic (exact) mass is 265 g/mol. The molecule has 0 saturated heterocycles. The molecular weight excluding hydrogens is 248 g/mol. The van der Waals surface area contributed by atoms with Crippen molar-refractivity contribution >= 4 is 0 Å². The highest BCUT2D eigenvalue weighted by molar-refractivity contribution is 5.21. The number of hydrogen-bond acceptors (Lipinski definition) is 2. The molecule has 0 saturated carbocycles. The molecule has 1 aromatic heterocycles. The van der Waals surface area contributed by atoms with Crippen LogP contribution in [-0.2, 0) is 6.42 Å². The molecule has 19 heavy (non-hydrogen) atoms. The first kappa shape index (κ1) is 13.7. The zero-order valence-corrected chi connectivity index (χ0v) is 10.8. The molecule has 2 aromatic rings. The molecule has 1 N–H and O–H groups in total. The molecule has 1 unspecified atom stereocenters. The van der Waals surface area contributed by atoms with E-state index in [0.717, 1.165) is 30.9 Å². The Morgan fingerprint density at radius 3 is 2.79 bits per heavy atom. The molecular formula is C15H17F2NO. The zero-order valence-electron chi connectivity index (χ0n) is 10.8. The SMILES string of the molecule is CCCNC(Cc1cc(F)ccc1F)c1ccco1. The van der Waals surface area contributed by atoms with Crippen LogP contribution in [0.15, 0.2) is 41.0 Å². The number of halogens is 2. The van der Waals surface area contributed by atoms with Crippen LogP contribution in [0.1, 0.15) is 30.7 Å². The van der Waals surface area contributed by atoms with Crippen molar-refractivity contribution in [2.45, 2.75) is 25.8 Å². The lowest BCUT2D eigenvalue weighted by molar-refractivity contribution is 0.406. The lowest BCUT2D eigenvalue weighted by Gasteiger charge is -2.16. The minimum atomic E-state index is -0.426. The number of furan rings is 1. The molecule has 4 heteroatoms. The number of benzene rings is 1. The highest BCUT2D eigenvalue weighted by atomic mass is 19.1. The van der Waals surface area contributed by atoms with Crippen molar-refractivity contribution in [3.63, 3.8) is 0 Å². The van der Waals surface area contributed by atoms with Gasteiger partial charge in [0.05, 0.1) is 12.3 Å². The van der Waals surface area contributed by atoms with Gasteiger partial charge in [0.15, 0.2) is 0 Å². The Kier molecular flexibility index (Phi) is 4.68. The maximum absolute atomic E-state index is 13.7. The normalized spacial score (nSPS) is 12.6. The van der Waals surface area contributed by atoms with E-state index in [1.807, 2.05) is 6.07 Å². The zero-order chi connectivity index (χ0) is 13.7. The molecule has 0 aliphatic rings. The largest absolute Gasteiger partial charge is 0.468 e. The van der Waals surface area contributed by atoms with Crippen LogP contribution in [0.4, 0.5) is 8.78 Å². The van der Waals surface area contributed by atoms with Gasteiger partial charge in [-0.3, -0.25) is 0 Å². The van der Waals surface area contributed by atoms with Gasteiger partial charge in [0, 0.05) is 0 Å². The van der Waals surface area contributed by atoms with Gasteiger partial charge in [-0.1, -0.05) is 6.92 Å². The van der Waals surface area contributed by atoms with E-state index in [4.69, 9.17) is 4.42 Å². The van der Waals surface area contributed by atoms with Crippen LogP contribution in [0.3, 0.4) is 0 Å². The van der Waals surface area contributed by atoms with E-state index in [-0.39, 0.29) is 6.04 Å². The molecule has 2 rings (SSSR count). The minimum absolute atomic E-state index is 0.147. The van der Waals surface area contributed by atoms with Gasteiger partial charge in [0.2, 0.25) is 0 Å². The fourth-order valence-electron chi connectivity index (χ4n) is 2.00. The summed E-state index contributed by atoms with van der Waals surface area (Å²) in [5, 5.41) is 3.28. The van der Waals surface area contributed by atoms with E-state index in [2.05, 4.69) is 12.2 Å². The quantitative estimate of drug-likeness (QED) is 0.858. The smallest absolute Gasteiger partial charge is 0.126 e. The highest BCUT2D eigenvalue weighted by Gasteiger charge is 2.16. The van der Waals surface area contributed by atoms with Crippen LogP contribution in [0, 0.1) is 11.6 Å². The Balaban J connectivity index is 2.17. The third-order valence-electron chi connectivity index (χ3n) is 2.96. The second-order valence-corrected chi connectivity index (χ2v) is 4.46. The van der Waals surface area contributed by atoms with Crippen molar-refractivity contribution in [3.05, 3.63) is 59.6 Å². The summed E-state index contributed by atoms with van der Waals surface area (Å²) >= 11 is 0. The molecule has 1 heterocycles. The van der Waals surface area contributed by atoms with Crippen LogP contribution in [0.5, 0.6) is 0 Å². The molecule has 102 valence electrons. The number of nitrogens with one attached hydrogen (secondary N) is 1. The van der Waals surface area contributed by atoms with Crippen molar-refractivity contribution in [2.24, 2.45) is 0 Å². The van der Waals surface area contributed by atoms with Gasteiger partial charge in [0.1, 0.15) is 17.4 Å². The molecule has 0 radical (unpaired) electrons. The topological polar surface area (TPSA) is 25.2 Å². The van der Waals surface area contributed by atoms with E-state index in [1.54, 1.807) is 12.3 Å². The van der Waals surface area contributed by atoms with Crippen molar-refractivity contribution < 1.29 is 13.2 Å². The van der Waals surface area contributed by atoms with Crippen LogP contribution < -0.4 is 5.32 Å². The average molecular weight is 265 g/mol. The standard InChI is InChI=1S/C15H17F2NO/c1-2-7-18-14(15-4-3-8-19-15)10-11-9-12(16)5-6-13(11)17/h3-6,8-9,14,18H,2,7,10H2,1H3. The minimum Gasteiger partial charge on any atom is -0.468 e. The maximum Gasteiger partial charge on any atom is 0.126 e. The molecule has 1 aromatic carbocycles. The fraction of sp³-hybridized carbons (Fsp3) is 0.333. The summed E-state index contributed by atoms with van der Waals surface area (Å²) in [5.41, 5.74) is 0.352. The van der Waals surface area contributed by atoms with E-state index in [9.17, 15) is 8.78 Å². The van der Waals surface area contributed by atoms with E-state index < -0.39 is 11.6 Å². The summed E-state index contributed by atoms with van der Waals surface area (Å²) in [4.78, 5) is 0. The summed E-state index contributed by atoms with van der Waals surface area (Å²) in [7, 11) is 0. The molecule has 0 bridgehead atoms. The second-order valence-electron chi connectivity index (χ2n) is 4.46. The third kappa shape index (κ3) is 3.64. The Morgan fingerprint density at radius 2 is 2.11 bits per heavy atom. The Morgan fingerprint density at radius 1 is 1.26 bits per heavy atom. The lowest BCUT2D eigenvalue weighted by Crippen LogP contribution is -2.24. The van der Waals surface area contributed by atoms with Gasteiger partial charge in [-0.15, -0.1) is 0 Å². The summed E-state index contributed by atoms with van der Waals surface area (Å²) in [6.45, 7) is 2.84. The summed E-state index contributed by atoms with van der Waals surface area (Å²) in [6, 6.07) is 7.00. The van der Waals surface area contributed by atoms with Crippen molar-refractivity contribution in [1.82, 2.24) is 5.32 Å². The van der Waals surface area contributed by atoms with Gasteiger partial charge in [-0.05, 0) is 55.3 Å². The van der Waals surface area contributed by atoms with Crippen molar-refractivity contribution in [2.75, 3.05) is 6.54 Å². The summed E-state index contributed by atoms with van der Waals surface area (Å²) in [5.74, 6) is -0.0848. The van der Waals surface area contributed by atoms with Crippen molar-refractivity contribution in [1.29, 1.82) is 0 Å². The second kappa shape index (κ2) is 6.48. The maximum atomic E-state index is 13.7. The predicted molar refractivity (Wildman–Crippen MR) is 69.8 cm³/mol. The van der Waals surface area contributed by atoms with E-state index in [0.29, 0.717) is 12.0 Å². The number of hydrogen-bond donors (Lipinski definition) is 1. The molecule has 0 aliphatic heterocycles.